The van der Waals surface area contributed by atoms with Gasteiger partial charge in [0.1, 0.15) is 5.82 Å². The van der Waals surface area contributed by atoms with Crippen molar-refractivity contribution in [3.63, 3.8) is 0 Å². The Labute approximate surface area is 106 Å². The van der Waals surface area contributed by atoms with Crippen LogP contribution in [0.1, 0.15) is 5.69 Å². The standard InChI is InChI=1S/C11H10BrFN4/c12-9-8(5-14)16-11(15)17-10(9)6-1-3-7(13)4-2-6/h1-4H,5,14H2,(H2,15,16,17). The van der Waals surface area contributed by atoms with Gasteiger partial charge >= 0.3 is 0 Å². The summed E-state index contributed by atoms with van der Waals surface area (Å²) >= 11 is 3.38. The zero-order valence-electron chi connectivity index (χ0n) is 8.82. The van der Waals surface area contributed by atoms with Gasteiger partial charge in [0.05, 0.1) is 15.9 Å². The minimum Gasteiger partial charge on any atom is -0.368 e. The molecule has 2 rings (SSSR count). The summed E-state index contributed by atoms with van der Waals surface area (Å²) in [5.74, 6) is -0.154. The van der Waals surface area contributed by atoms with Crippen molar-refractivity contribution in [1.82, 2.24) is 9.97 Å². The van der Waals surface area contributed by atoms with Gasteiger partial charge in [0.15, 0.2) is 0 Å². The average Bonchev–Trinajstić information content (AvgIpc) is 2.33. The molecule has 0 saturated heterocycles. The maximum atomic E-state index is 12.8. The Morgan fingerprint density at radius 1 is 1.18 bits per heavy atom. The van der Waals surface area contributed by atoms with Crippen LogP contribution in [0.15, 0.2) is 28.7 Å². The first-order valence-corrected chi connectivity index (χ1v) is 5.69. The third-order valence-electron chi connectivity index (χ3n) is 2.25. The monoisotopic (exact) mass is 296 g/mol. The highest BCUT2D eigenvalue weighted by Gasteiger charge is 2.11. The van der Waals surface area contributed by atoms with E-state index in [-0.39, 0.29) is 18.3 Å². The van der Waals surface area contributed by atoms with Gasteiger partial charge in [0.25, 0.3) is 0 Å². The molecule has 0 saturated carbocycles. The fraction of sp³-hybridized carbons (Fsp3) is 0.0909. The smallest absolute Gasteiger partial charge is 0.220 e. The van der Waals surface area contributed by atoms with Crippen molar-refractivity contribution in [2.45, 2.75) is 6.54 Å². The molecule has 0 aliphatic carbocycles. The highest BCUT2D eigenvalue weighted by atomic mass is 79.9. The summed E-state index contributed by atoms with van der Waals surface area (Å²) < 4.78 is 13.5. The van der Waals surface area contributed by atoms with Crippen LogP contribution in [-0.2, 0) is 6.54 Å². The number of halogens is 2. The van der Waals surface area contributed by atoms with E-state index in [4.69, 9.17) is 11.5 Å². The van der Waals surface area contributed by atoms with E-state index in [0.717, 1.165) is 5.56 Å². The molecule has 1 aromatic heterocycles. The van der Waals surface area contributed by atoms with Crippen molar-refractivity contribution in [3.8, 4) is 11.3 Å². The average molecular weight is 297 g/mol. The van der Waals surface area contributed by atoms with Gasteiger partial charge in [-0.15, -0.1) is 0 Å². The fourth-order valence-electron chi connectivity index (χ4n) is 1.45. The van der Waals surface area contributed by atoms with Crippen LogP contribution in [0.4, 0.5) is 10.3 Å². The Balaban J connectivity index is 2.58. The van der Waals surface area contributed by atoms with E-state index in [2.05, 4.69) is 25.9 Å². The molecule has 17 heavy (non-hydrogen) atoms. The number of nitrogens with zero attached hydrogens (tertiary/aromatic N) is 2. The van der Waals surface area contributed by atoms with E-state index in [1.165, 1.54) is 12.1 Å². The quantitative estimate of drug-likeness (QED) is 0.889. The molecule has 6 heteroatoms. The van der Waals surface area contributed by atoms with E-state index in [9.17, 15) is 4.39 Å². The number of rotatable bonds is 2. The van der Waals surface area contributed by atoms with Crippen molar-refractivity contribution < 1.29 is 4.39 Å². The normalized spacial score (nSPS) is 10.5. The van der Waals surface area contributed by atoms with Gasteiger partial charge in [-0.25, -0.2) is 14.4 Å². The van der Waals surface area contributed by atoms with Crippen LogP contribution >= 0.6 is 15.9 Å². The molecule has 0 bridgehead atoms. The number of benzene rings is 1. The molecule has 0 radical (unpaired) electrons. The molecular weight excluding hydrogens is 287 g/mol. The zero-order valence-corrected chi connectivity index (χ0v) is 10.4. The van der Waals surface area contributed by atoms with E-state index < -0.39 is 0 Å². The van der Waals surface area contributed by atoms with E-state index in [1.54, 1.807) is 12.1 Å². The predicted molar refractivity (Wildman–Crippen MR) is 67.4 cm³/mol. The lowest BCUT2D eigenvalue weighted by Crippen LogP contribution is -2.07. The SMILES string of the molecule is NCc1nc(N)nc(-c2ccc(F)cc2)c1Br. The summed E-state index contributed by atoms with van der Waals surface area (Å²) in [5.41, 5.74) is 13.1. The number of nitrogen functional groups attached to an aromatic ring is 1. The van der Waals surface area contributed by atoms with Crippen molar-refractivity contribution in [3.05, 3.63) is 40.2 Å². The van der Waals surface area contributed by atoms with Crippen LogP contribution in [0, 0.1) is 5.82 Å². The molecule has 0 spiro atoms. The largest absolute Gasteiger partial charge is 0.368 e. The molecule has 0 amide bonds. The lowest BCUT2D eigenvalue weighted by atomic mass is 10.1. The van der Waals surface area contributed by atoms with Gasteiger partial charge in [-0.1, -0.05) is 0 Å². The van der Waals surface area contributed by atoms with Gasteiger partial charge in [0, 0.05) is 12.1 Å². The Morgan fingerprint density at radius 2 is 1.82 bits per heavy atom. The number of anilines is 1. The lowest BCUT2D eigenvalue weighted by Gasteiger charge is -2.08. The first-order valence-electron chi connectivity index (χ1n) is 4.89. The molecular formula is C11H10BrFN4. The van der Waals surface area contributed by atoms with Gasteiger partial charge in [-0.05, 0) is 40.2 Å². The number of aromatic nitrogens is 2. The maximum absolute atomic E-state index is 12.8. The van der Waals surface area contributed by atoms with Crippen molar-refractivity contribution in [2.24, 2.45) is 5.73 Å². The van der Waals surface area contributed by atoms with Crippen LogP contribution in [-0.4, -0.2) is 9.97 Å². The van der Waals surface area contributed by atoms with E-state index in [1.807, 2.05) is 0 Å². The molecule has 4 N–H and O–H groups in total. The summed E-state index contributed by atoms with van der Waals surface area (Å²) in [7, 11) is 0. The summed E-state index contributed by atoms with van der Waals surface area (Å²) in [6, 6.07) is 5.98. The number of hydrogen-bond donors (Lipinski definition) is 2. The van der Waals surface area contributed by atoms with Gasteiger partial charge in [-0.3, -0.25) is 0 Å². The van der Waals surface area contributed by atoms with Gasteiger partial charge in [0.2, 0.25) is 5.95 Å². The maximum Gasteiger partial charge on any atom is 0.220 e. The number of hydrogen-bond acceptors (Lipinski definition) is 4. The molecule has 2 aromatic rings. The number of nitrogens with two attached hydrogens (primary N) is 2. The summed E-state index contributed by atoms with van der Waals surface area (Å²) in [4.78, 5) is 8.14. The lowest BCUT2D eigenvalue weighted by molar-refractivity contribution is 0.628. The van der Waals surface area contributed by atoms with Crippen LogP contribution in [0.5, 0.6) is 0 Å². The van der Waals surface area contributed by atoms with E-state index in [0.29, 0.717) is 15.9 Å². The van der Waals surface area contributed by atoms with Crippen LogP contribution in [0.3, 0.4) is 0 Å². The molecule has 0 aliphatic heterocycles. The molecule has 1 heterocycles. The molecule has 4 nitrogen and oxygen atoms in total. The molecule has 0 aliphatic rings. The van der Waals surface area contributed by atoms with Crippen molar-refractivity contribution >= 4 is 21.9 Å². The fourth-order valence-corrected chi connectivity index (χ4v) is 2.02. The van der Waals surface area contributed by atoms with Gasteiger partial charge < -0.3 is 11.5 Å². The first kappa shape index (κ1) is 11.9. The molecule has 0 unspecified atom stereocenters. The molecule has 88 valence electrons. The minimum atomic E-state index is -0.300. The molecule has 1 aromatic carbocycles. The van der Waals surface area contributed by atoms with Crippen LogP contribution in [0.2, 0.25) is 0 Å². The Kier molecular flexibility index (Phi) is 3.35. The van der Waals surface area contributed by atoms with Crippen LogP contribution < -0.4 is 11.5 Å². The summed E-state index contributed by atoms with van der Waals surface area (Å²) in [6.07, 6.45) is 0. The predicted octanol–water partition coefficient (Wildman–Crippen LogP) is 2.09. The Morgan fingerprint density at radius 3 is 2.41 bits per heavy atom. The third kappa shape index (κ3) is 2.42. The molecule has 0 atom stereocenters. The van der Waals surface area contributed by atoms with Gasteiger partial charge in [-0.2, -0.15) is 0 Å². The first-order chi connectivity index (χ1) is 8.11. The topological polar surface area (TPSA) is 77.8 Å². The second kappa shape index (κ2) is 4.77. The minimum absolute atomic E-state index is 0.146. The highest BCUT2D eigenvalue weighted by Crippen LogP contribution is 2.29. The Bertz CT molecular complexity index is 542. The summed E-state index contributed by atoms with van der Waals surface area (Å²) in [6.45, 7) is 0.251. The second-order valence-corrected chi connectivity index (χ2v) is 4.20. The van der Waals surface area contributed by atoms with E-state index >= 15 is 0 Å². The third-order valence-corrected chi connectivity index (χ3v) is 3.08. The van der Waals surface area contributed by atoms with Crippen molar-refractivity contribution in [1.29, 1.82) is 0 Å². The Hall–Kier alpha value is -1.53. The van der Waals surface area contributed by atoms with Crippen molar-refractivity contribution in [2.75, 3.05) is 5.73 Å². The zero-order chi connectivity index (χ0) is 12.4. The second-order valence-electron chi connectivity index (χ2n) is 3.40. The molecule has 0 fully saturated rings. The summed E-state index contributed by atoms with van der Waals surface area (Å²) in [5, 5.41) is 0. The van der Waals surface area contributed by atoms with Crippen LogP contribution in [0.25, 0.3) is 11.3 Å². The highest BCUT2D eigenvalue weighted by molar-refractivity contribution is 9.10.